The van der Waals surface area contributed by atoms with Crippen LogP contribution >= 0.6 is 0 Å². The summed E-state index contributed by atoms with van der Waals surface area (Å²) in [5, 5.41) is 2.60. The van der Waals surface area contributed by atoms with Gasteiger partial charge >= 0.3 is 5.97 Å². The van der Waals surface area contributed by atoms with E-state index in [2.05, 4.69) is 25.0 Å². The molecule has 8 heteroatoms. The predicted molar refractivity (Wildman–Crippen MR) is 68.8 cm³/mol. The average Bonchev–Trinajstić information content (AvgIpc) is 3.08. The fraction of sp³-hybridized carbons (Fsp3) is 0.333. The lowest BCUT2D eigenvalue weighted by Crippen LogP contribution is -2.43. The molecule has 0 fully saturated rings. The van der Waals surface area contributed by atoms with Crippen LogP contribution in [0.15, 0.2) is 25.0 Å². The van der Waals surface area contributed by atoms with Crippen molar-refractivity contribution in [3.63, 3.8) is 0 Å². The lowest BCUT2D eigenvalue weighted by molar-refractivity contribution is -0.142. The second-order valence-corrected chi connectivity index (χ2v) is 4.25. The number of esters is 1. The van der Waals surface area contributed by atoms with Gasteiger partial charge in [0.25, 0.3) is 5.91 Å². The number of carbonyl (C=O) groups excluding carboxylic acids is 2. The summed E-state index contributed by atoms with van der Waals surface area (Å²) in [6.07, 6.45) is 6.44. The Balaban J connectivity index is 2.07. The summed E-state index contributed by atoms with van der Waals surface area (Å²) in [5.74, 6) is -0.954. The van der Waals surface area contributed by atoms with Crippen LogP contribution in [0.4, 0.5) is 0 Å². The zero-order chi connectivity index (χ0) is 14.5. The molecule has 0 spiro atoms. The van der Waals surface area contributed by atoms with Crippen molar-refractivity contribution in [2.45, 2.75) is 12.5 Å². The van der Waals surface area contributed by atoms with E-state index in [-0.39, 0.29) is 12.1 Å². The Hall–Kier alpha value is -2.64. The van der Waals surface area contributed by atoms with Crippen molar-refractivity contribution in [1.82, 2.24) is 24.8 Å². The van der Waals surface area contributed by atoms with Gasteiger partial charge in [0, 0.05) is 31.6 Å². The quantitative estimate of drug-likeness (QED) is 0.728. The molecular formula is C12H15N5O3. The summed E-state index contributed by atoms with van der Waals surface area (Å²) in [5.41, 5.74) is 0.965. The molecule has 0 bridgehead atoms. The van der Waals surface area contributed by atoms with Crippen LogP contribution in [0.5, 0.6) is 0 Å². The Kier molecular flexibility index (Phi) is 4.14. The third-order valence-corrected chi connectivity index (χ3v) is 2.71. The van der Waals surface area contributed by atoms with Gasteiger partial charge in [-0.2, -0.15) is 0 Å². The summed E-state index contributed by atoms with van der Waals surface area (Å²) in [6.45, 7) is 0. The largest absolute Gasteiger partial charge is 0.467 e. The zero-order valence-electron chi connectivity index (χ0n) is 11.2. The molecule has 2 rings (SSSR count). The molecule has 2 aromatic rings. The number of aryl methyl sites for hydroxylation is 1. The summed E-state index contributed by atoms with van der Waals surface area (Å²) in [4.78, 5) is 34.4. The van der Waals surface area contributed by atoms with Crippen molar-refractivity contribution >= 4 is 11.9 Å². The molecule has 1 atom stereocenters. The van der Waals surface area contributed by atoms with E-state index in [0.29, 0.717) is 0 Å². The number of imidazole rings is 2. The van der Waals surface area contributed by atoms with Gasteiger partial charge < -0.3 is 19.6 Å². The van der Waals surface area contributed by atoms with Gasteiger partial charge in [0.2, 0.25) is 0 Å². The normalized spacial score (nSPS) is 11.9. The number of methoxy groups -OCH3 is 1. The molecule has 2 heterocycles. The molecule has 0 aliphatic heterocycles. The maximum Gasteiger partial charge on any atom is 0.328 e. The van der Waals surface area contributed by atoms with Crippen molar-refractivity contribution < 1.29 is 14.3 Å². The van der Waals surface area contributed by atoms with Crippen LogP contribution in [0.1, 0.15) is 16.2 Å². The summed E-state index contributed by atoms with van der Waals surface area (Å²) < 4.78 is 6.34. The van der Waals surface area contributed by atoms with E-state index < -0.39 is 17.9 Å². The van der Waals surface area contributed by atoms with E-state index in [9.17, 15) is 9.59 Å². The molecule has 20 heavy (non-hydrogen) atoms. The molecule has 2 aromatic heterocycles. The van der Waals surface area contributed by atoms with Gasteiger partial charge in [0.1, 0.15) is 11.7 Å². The van der Waals surface area contributed by atoms with Gasteiger partial charge in [0.05, 0.1) is 19.8 Å². The number of amides is 1. The lowest BCUT2D eigenvalue weighted by atomic mass is 10.1. The minimum atomic E-state index is -0.796. The van der Waals surface area contributed by atoms with E-state index in [1.54, 1.807) is 24.0 Å². The molecule has 106 valence electrons. The second kappa shape index (κ2) is 6.00. The molecule has 2 N–H and O–H groups in total. The van der Waals surface area contributed by atoms with Crippen molar-refractivity contribution in [3.05, 3.63) is 36.4 Å². The van der Waals surface area contributed by atoms with Gasteiger partial charge in [-0.3, -0.25) is 4.79 Å². The third-order valence-electron chi connectivity index (χ3n) is 2.71. The highest BCUT2D eigenvalue weighted by molar-refractivity contribution is 5.95. The van der Waals surface area contributed by atoms with Crippen LogP contribution < -0.4 is 5.32 Å². The standard InChI is InChI=1S/C12H15N5O3/c1-17-5-10(15-7-17)11(18)16-9(12(19)20-2)3-8-4-13-6-14-8/h4-7,9H,3H2,1-2H3,(H,13,14)(H,16,18)/t9-/m0/s1. The fourth-order valence-electron chi connectivity index (χ4n) is 1.71. The number of nitrogens with one attached hydrogen (secondary N) is 2. The summed E-state index contributed by atoms with van der Waals surface area (Å²) in [7, 11) is 3.03. The van der Waals surface area contributed by atoms with Crippen molar-refractivity contribution in [3.8, 4) is 0 Å². The van der Waals surface area contributed by atoms with Crippen molar-refractivity contribution in [2.24, 2.45) is 7.05 Å². The van der Waals surface area contributed by atoms with Gasteiger partial charge in [-0.1, -0.05) is 0 Å². The minimum absolute atomic E-state index is 0.242. The summed E-state index contributed by atoms with van der Waals surface area (Å²) >= 11 is 0. The third kappa shape index (κ3) is 3.22. The second-order valence-electron chi connectivity index (χ2n) is 4.25. The first-order valence-electron chi connectivity index (χ1n) is 5.94. The lowest BCUT2D eigenvalue weighted by Gasteiger charge is -2.14. The van der Waals surface area contributed by atoms with Crippen LogP contribution in [0.3, 0.4) is 0 Å². The smallest absolute Gasteiger partial charge is 0.328 e. The molecule has 0 radical (unpaired) electrons. The molecule has 0 aromatic carbocycles. The fourth-order valence-corrected chi connectivity index (χ4v) is 1.71. The monoisotopic (exact) mass is 277 g/mol. The van der Waals surface area contributed by atoms with Gasteiger partial charge in [-0.15, -0.1) is 0 Å². The van der Waals surface area contributed by atoms with Crippen molar-refractivity contribution in [2.75, 3.05) is 7.11 Å². The molecule has 0 saturated heterocycles. The van der Waals surface area contributed by atoms with Gasteiger partial charge in [-0.25, -0.2) is 14.8 Å². The number of nitrogens with zero attached hydrogens (tertiary/aromatic N) is 3. The Morgan fingerprint density at radius 1 is 1.55 bits per heavy atom. The maximum atomic E-state index is 12.0. The Morgan fingerprint density at radius 3 is 2.90 bits per heavy atom. The number of ether oxygens (including phenoxy) is 1. The Labute approximate surface area is 115 Å². The minimum Gasteiger partial charge on any atom is -0.467 e. The van der Waals surface area contributed by atoms with Crippen molar-refractivity contribution in [1.29, 1.82) is 0 Å². The maximum absolute atomic E-state index is 12.0. The first-order valence-corrected chi connectivity index (χ1v) is 5.94. The Bertz CT molecular complexity index is 590. The van der Waals surface area contributed by atoms with Crippen LogP contribution in [0.25, 0.3) is 0 Å². The number of aromatic amines is 1. The van der Waals surface area contributed by atoms with E-state index in [0.717, 1.165) is 5.69 Å². The molecule has 1 amide bonds. The van der Waals surface area contributed by atoms with Gasteiger partial charge in [0.15, 0.2) is 0 Å². The molecule has 8 nitrogen and oxygen atoms in total. The topological polar surface area (TPSA) is 102 Å². The van der Waals surface area contributed by atoms with Crippen LogP contribution in [-0.4, -0.2) is 44.5 Å². The molecule has 0 aliphatic carbocycles. The first kappa shape index (κ1) is 13.8. The SMILES string of the molecule is COC(=O)[C@H](Cc1cnc[nH]1)NC(=O)c1cn(C)cn1. The number of H-pyrrole nitrogens is 1. The molecule has 0 saturated carbocycles. The van der Waals surface area contributed by atoms with Crippen LogP contribution in [0, 0.1) is 0 Å². The van der Waals surface area contributed by atoms with Gasteiger partial charge in [-0.05, 0) is 0 Å². The number of hydrogen-bond donors (Lipinski definition) is 2. The highest BCUT2D eigenvalue weighted by Gasteiger charge is 2.23. The van der Waals surface area contributed by atoms with E-state index in [1.807, 2.05) is 0 Å². The Morgan fingerprint density at radius 2 is 2.35 bits per heavy atom. The molecular weight excluding hydrogens is 262 g/mol. The highest BCUT2D eigenvalue weighted by atomic mass is 16.5. The van der Waals surface area contributed by atoms with E-state index >= 15 is 0 Å². The highest BCUT2D eigenvalue weighted by Crippen LogP contribution is 2.02. The molecule has 0 unspecified atom stereocenters. The first-order chi connectivity index (χ1) is 9.60. The zero-order valence-corrected chi connectivity index (χ0v) is 11.2. The van der Waals surface area contributed by atoms with Crippen LogP contribution in [-0.2, 0) is 23.0 Å². The molecule has 0 aliphatic rings. The predicted octanol–water partition coefficient (Wildman–Crippen LogP) is -0.343. The number of carbonyl (C=O) groups is 2. The number of aromatic nitrogens is 4. The van der Waals surface area contributed by atoms with Crippen LogP contribution in [0.2, 0.25) is 0 Å². The number of hydrogen-bond acceptors (Lipinski definition) is 5. The number of rotatable bonds is 5. The van der Waals surface area contributed by atoms with E-state index in [1.165, 1.54) is 19.8 Å². The average molecular weight is 277 g/mol. The van der Waals surface area contributed by atoms with E-state index in [4.69, 9.17) is 0 Å². The summed E-state index contributed by atoms with van der Waals surface area (Å²) in [6, 6.07) is -0.796.